The van der Waals surface area contributed by atoms with Crippen LogP contribution in [0.15, 0.2) is 6.33 Å². The first-order valence-electron chi connectivity index (χ1n) is 5.65. The minimum absolute atomic E-state index is 0.0529. The molecular weight excluding hydrogens is 220 g/mol. The molecule has 17 heavy (non-hydrogen) atoms. The molecule has 0 saturated carbocycles. The third-order valence-electron chi connectivity index (χ3n) is 2.22. The zero-order valence-electron chi connectivity index (χ0n) is 9.69. The molecule has 4 N–H and O–H groups in total. The number of H-pyrrole nitrogens is 1. The molecule has 0 aliphatic heterocycles. The Labute approximate surface area is 98.7 Å². The standard InChI is InChI=1S/C10H16N6O/c1-2-3-12-10-15-8(11-4-5-17)7-9(16-10)14-6-13-7/h6,17H,2-5H2,1H3,(H3,11,12,13,14,15,16). The Balaban J connectivity index is 2.29. The van der Waals surface area contributed by atoms with E-state index in [0.717, 1.165) is 18.5 Å². The number of anilines is 2. The van der Waals surface area contributed by atoms with Crippen molar-refractivity contribution >= 4 is 22.9 Å². The highest BCUT2D eigenvalue weighted by Crippen LogP contribution is 2.18. The molecule has 0 atom stereocenters. The molecule has 0 saturated heterocycles. The van der Waals surface area contributed by atoms with Crippen LogP contribution in [0.1, 0.15) is 13.3 Å². The van der Waals surface area contributed by atoms with Crippen molar-refractivity contribution in [2.45, 2.75) is 13.3 Å². The van der Waals surface area contributed by atoms with Crippen molar-refractivity contribution in [3.8, 4) is 0 Å². The van der Waals surface area contributed by atoms with Gasteiger partial charge in [-0.3, -0.25) is 0 Å². The molecule has 92 valence electrons. The van der Waals surface area contributed by atoms with Crippen LogP contribution in [-0.2, 0) is 0 Å². The van der Waals surface area contributed by atoms with Gasteiger partial charge in [0.1, 0.15) is 5.52 Å². The number of aromatic nitrogens is 4. The second-order valence-corrected chi connectivity index (χ2v) is 3.57. The number of hydrogen-bond acceptors (Lipinski definition) is 6. The molecule has 0 radical (unpaired) electrons. The van der Waals surface area contributed by atoms with Crippen LogP contribution >= 0.6 is 0 Å². The van der Waals surface area contributed by atoms with Gasteiger partial charge in [0.2, 0.25) is 5.95 Å². The van der Waals surface area contributed by atoms with Gasteiger partial charge in [-0.2, -0.15) is 9.97 Å². The average Bonchev–Trinajstić information content (AvgIpc) is 2.81. The number of aromatic amines is 1. The van der Waals surface area contributed by atoms with E-state index in [1.165, 1.54) is 0 Å². The van der Waals surface area contributed by atoms with Crippen LogP contribution in [0, 0.1) is 0 Å². The lowest BCUT2D eigenvalue weighted by Gasteiger charge is -2.07. The van der Waals surface area contributed by atoms with Crippen LogP contribution in [0.3, 0.4) is 0 Å². The van der Waals surface area contributed by atoms with E-state index in [2.05, 4.69) is 37.5 Å². The SMILES string of the molecule is CCCNc1nc(NCCO)c2[nH]cnc2n1. The minimum atomic E-state index is 0.0529. The number of aliphatic hydroxyl groups excluding tert-OH is 1. The summed E-state index contributed by atoms with van der Waals surface area (Å²) in [6, 6.07) is 0. The number of hydrogen-bond donors (Lipinski definition) is 4. The van der Waals surface area contributed by atoms with Crippen molar-refractivity contribution in [3.63, 3.8) is 0 Å². The van der Waals surface area contributed by atoms with Crippen molar-refractivity contribution in [1.82, 2.24) is 19.9 Å². The van der Waals surface area contributed by atoms with Gasteiger partial charge in [0.05, 0.1) is 12.9 Å². The van der Waals surface area contributed by atoms with Crippen LogP contribution in [0.2, 0.25) is 0 Å². The summed E-state index contributed by atoms with van der Waals surface area (Å²) >= 11 is 0. The quantitative estimate of drug-likeness (QED) is 0.585. The first kappa shape index (κ1) is 11.6. The maximum atomic E-state index is 8.81. The molecule has 2 rings (SSSR count). The van der Waals surface area contributed by atoms with Gasteiger partial charge in [-0.05, 0) is 6.42 Å². The summed E-state index contributed by atoms with van der Waals surface area (Å²) in [5.74, 6) is 1.20. The van der Waals surface area contributed by atoms with Crippen molar-refractivity contribution in [3.05, 3.63) is 6.33 Å². The lowest BCUT2D eigenvalue weighted by Crippen LogP contribution is -2.11. The van der Waals surface area contributed by atoms with Gasteiger partial charge in [-0.25, -0.2) is 4.98 Å². The van der Waals surface area contributed by atoms with Crippen molar-refractivity contribution in [2.24, 2.45) is 0 Å². The number of aliphatic hydroxyl groups is 1. The third kappa shape index (κ3) is 2.62. The lowest BCUT2D eigenvalue weighted by molar-refractivity contribution is 0.311. The highest BCUT2D eigenvalue weighted by atomic mass is 16.3. The van der Waals surface area contributed by atoms with E-state index >= 15 is 0 Å². The Kier molecular flexibility index (Phi) is 3.71. The number of fused-ring (bicyclic) bond motifs is 1. The van der Waals surface area contributed by atoms with E-state index in [1.807, 2.05) is 0 Å². The van der Waals surface area contributed by atoms with E-state index in [0.29, 0.717) is 24.0 Å². The largest absolute Gasteiger partial charge is 0.395 e. The molecule has 0 aliphatic rings. The molecule has 0 amide bonds. The number of imidazole rings is 1. The first-order chi connectivity index (χ1) is 8.35. The van der Waals surface area contributed by atoms with E-state index in [9.17, 15) is 0 Å². The van der Waals surface area contributed by atoms with Gasteiger partial charge in [0.15, 0.2) is 11.5 Å². The van der Waals surface area contributed by atoms with Crippen LogP contribution < -0.4 is 10.6 Å². The smallest absolute Gasteiger partial charge is 0.226 e. The summed E-state index contributed by atoms with van der Waals surface area (Å²) in [5.41, 5.74) is 1.36. The van der Waals surface area contributed by atoms with Crippen LogP contribution in [0.25, 0.3) is 11.2 Å². The van der Waals surface area contributed by atoms with Crippen LogP contribution in [0.5, 0.6) is 0 Å². The van der Waals surface area contributed by atoms with Gasteiger partial charge in [0, 0.05) is 13.1 Å². The lowest BCUT2D eigenvalue weighted by atomic mass is 10.4. The fourth-order valence-corrected chi connectivity index (χ4v) is 1.45. The predicted molar refractivity (Wildman–Crippen MR) is 66.0 cm³/mol. The first-order valence-corrected chi connectivity index (χ1v) is 5.65. The molecule has 0 aliphatic carbocycles. The van der Waals surface area contributed by atoms with Crippen LogP contribution in [-0.4, -0.2) is 44.7 Å². The van der Waals surface area contributed by atoms with E-state index in [1.54, 1.807) is 6.33 Å². The Morgan fingerprint density at radius 1 is 1.29 bits per heavy atom. The summed E-state index contributed by atoms with van der Waals surface area (Å²) in [5, 5.41) is 15.0. The molecule has 0 spiro atoms. The maximum absolute atomic E-state index is 8.81. The molecule has 0 unspecified atom stereocenters. The van der Waals surface area contributed by atoms with Crippen molar-refractivity contribution < 1.29 is 5.11 Å². The summed E-state index contributed by atoms with van der Waals surface area (Å²) in [7, 11) is 0. The average molecular weight is 236 g/mol. The topological polar surface area (TPSA) is 98.8 Å². The van der Waals surface area contributed by atoms with Gasteiger partial charge >= 0.3 is 0 Å². The highest BCUT2D eigenvalue weighted by molar-refractivity contribution is 5.83. The molecule has 2 aromatic rings. The van der Waals surface area contributed by atoms with E-state index < -0.39 is 0 Å². The molecular formula is C10H16N6O. The number of nitrogens with zero attached hydrogens (tertiary/aromatic N) is 3. The number of rotatable bonds is 6. The maximum Gasteiger partial charge on any atom is 0.226 e. The number of nitrogens with one attached hydrogen (secondary N) is 3. The normalized spacial score (nSPS) is 10.7. The zero-order valence-corrected chi connectivity index (χ0v) is 9.69. The highest BCUT2D eigenvalue weighted by Gasteiger charge is 2.08. The Bertz CT molecular complexity index is 483. The minimum Gasteiger partial charge on any atom is -0.395 e. The van der Waals surface area contributed by atoms with Gasteiger partial charge < -0.3 is 20.7 Å². The van der Waals surface area contributed by atoms with E-state index in [-0.39, 0.29) is 6.61 Å². The summed E-state index contributed by atoms with van der Waals surface area (Å²) in [4.78, 5) is 15.7. The van der Waals surface area contributed by atoms with Gasteiger partial charge in [-0.1, -0.05) is 6.92 Å². The predicted octanol–water partition coefficient (Wildman–Crippen LogP) is 0.579. The Morgan fingerprint density at radius 2 is 2.18 bits per heavy atom. The van der Waals surface area contributed by atoms with Crippen LogP contribution in [0.4, 0.5) is 11.8 Å². The second-order valence-electron chi connectivity index (χ2n) is 3.57. The molecule has 0 aromatic carbocycles. The molecule has 7 heteroatoms. The summed E-state index contributed by atoms with van der Waals surface area (Å²) in [6.45, 7) is 3.38. The molecule has 2 heterocycles. The van der Waals surface area contributed by atoms with E-state index in [4.69, 9.17) is 5.11 Å². The Morgan fingerprint density at radius 3 is 2.94 bits per heavy atom. The zero-order chi connectivity index (χ0) is 12.1. The fraction of sp³-hybridized carbons (Fsp3) is 0.500. The molecule has 0 fully saturated rings. The monoisotopic (exact) mass is 236 g/mol. The fourth-order valence-electron chi connectivity index (χ4n) is 1.45. The molecule has 2 aromatic heterocycles. The van der Waals surface area contributed by atoms with Crippen molar-refractivity contribution in [1.29, 1.82) is 0 Å². The molecule has 7 nitrogen and oxygen atoms in total. The van der Waals surface area contributed by atoms with Crippen molar-refractivity contribution in [2.75, 3.05) is 30.3 Å². The Hall–Kier alpha value is -1.89. The second kappa shape index (κ2) is 5.44. The summed E-state index contributed by atoms with van der Waals surface area (Å²) in [6.07, 6.45) is 2.58. The third-order valence-corrected chi connectivity index (χ3v) is 2.22. The van der Waals surface area contributed by atoms with Gasteiger partial charge in [-0.15, -0.1) is 0 Å². The summed E-state index contributed by atoms with van der Waals surface area (Å²) < 4.78 is 0. The molecule has 0 bridgehead atoms. The van der Waals surface area contributed by atoms with Gasteiger partial charge in [0.25, 0.3) is 0 Å².